The number of rotatable bonds is 5. The second kappa shape index (κ2) is 5.95. The maximum absolute atomic E-state index is 10.7. The van der Waals surface area contributed by atoms with Gasteiger partial charge in [0.2, 0.25) is 0 Å². The molecule has 0 saturated carbocycles. The monoisotopic (exact) mass is 246 g/mol. The van der Waals surface area contributed by atoms with Gasteiger partial charge in [-0.2, -0.15) is 0 Å². The number of halogens is 1. The van der Waals surface area contributed by atoms with Crippen LogP contribution in [0.4, 0.5) is 0 Å². The van der Waals surface area contributed by atoms with Crippen LogP contribution < -0.4 is 5.32 Å². The van der Waals surface area contributed by atoms with Crippen molar-refractivity contribution in [3.63, 3.8) is 0 Å². The smallest absolute Gasteiger partial charge is 0.321 e. The number of aromatic nitrogens is 1. The zero-order valence-electron chi connectivity index (χ0n) is 8.11. The Morgan fingerprint density at radius 3 is 2.93 bits per heavy atom. The summed E-state index contributed by atoms with van der Waals surface area (Å²) in [5.41, 5.74) is 0. The van der Waals surface area contributed by atoms with Crippen molar-refractivity contribution in [1.29, 1.82) is 0 Å². The highest BCUT2D eigenvalue weighted by molar-refractivity contribution is 7.99. The number of nitrogens with zero attached hydrogens (tertiary/aromatic N) is 1. The Morgan fingerprint density at radius 2 is 2.47 bits per heavy atom. The lowest BCUT2D eigenvalue weighted by atomic mass is 10.3. The summed E-state index contributed by atoms with van der Waals surface area (Å²) in [5.74, 6) is -0.431. The maximum Gasteiger partial charge on any atom is 0.321 e. The lowest BCUT2D eigenvalue weighted by molar-refractivity contribution is -0.138. The molecule has 4 nitrogen and oxygen atoms in total. The SMILES string of the molecule is CNC(CSc1ccc(Cl)cn1)C(=O)O. The Balaban J connectivity index is 2.49. The summed E-state index contributed by atoms with van der Waals surface area (Å²) in [7, 11) is 1.62. The van der Waals surface area contributed by atoms with E-state index in [0.717, 1.165) is 5.03 Å². The molecule has 1 unspecified atom stereocenters. The summed E-state index contributed by atoms with van der Waals surface area (Å²) >= 11 is 7.05. The van der Waals surface area contributed by atoms with E-state index in [1.54, 1.807) is 25.4 Å². The largest absolute Gasteiger partial charge is 0.480 e. The van der Waals surface area contributed by atoms with E-state index in [1.165, 1.54) is 11.8 Å². The van der Waals surface area contributed by atoms with Crippen molar-refractivity contribution in [2.75, 3.05) is 12.8 Å². The Labute approximate surface area is 97.0 Å². The Hall–Kier alpha value is -0.780. The van der Waals surface area contributed by atoms with Crippen LogP contribution >= 0.6 is 23.4 Å². The molecule has 0 aliphatic rings. The van der Waals surface area contributed by atoms with Gasteiger partial charge in [-0.1, -0.05) is 11.6 Å². The van der Waals surface area contributed by atoms with Gasteiger partial charge in [-0.05, 0) is 19.2 Å². The first-order valence-corrected chi connectivity index (χ1v) is 5.64. The van der Waals surface area contributed by atoms with E-state index >= 15 is 0 Å². The fourth-order valence-corrected chi connectivity index (χ4v) is 1.94. The van der Waals surface area contributed by atoms with Crippen molar-refractivity contribution in [2.24, 2.45) is 0 Å². The fraction of sp³-hybridized carbons (Fsp3) is 0.333. The molecule has 6 heteroatoms. The van der Waals surface area contributed by atoms with Gasteiger partial charge in [-0.15, -0.1) is 11.8 Å². The molecule has 82 valence electrons. The van der Waals surface area contributed by atoms with Crippen LogP contribution in [0.3, 0.4) is 0 Å². The average Bonchev–Trinajstić information content (AvgIpc) is 2.21. The molecule has 0 spiro atoms. The Morgan fingerprint density at radius 1 is 1.73 bits per heavy atom. The standard InChI is InChI=1S/C9H11ClN2O2S/c1-11-7(9(13)14)5-15-8-3-2-6(10)4-12-8/h2-4,7,11H,5H2,1H3,(H,13,14). The number of aliphatic carboxylic acids is 1. The number of hydrogen-bond donors (Lipinski definition) is 2. The fourth-order valence-electron chi connectivity index (χ4n) is 0.894. The highest BCUT2D eigenvalue weighted by atomic mass is 35.5. The summed E-state index contributed by atoms with van der Waals surface area (Å²) in [6, 6.07) is 2.93. The summed E-state index contributed by atoms with van der Waals surface area (Å²) in [4.78, 5) is 14.7. The third-order valence-corrected chi connectivity index (χ3v) is 3.01. The molecule has 0 aromatic carbocycles. The van der Waals surface area contributed by atoms with E-state index in [2.05, 4.69) is 10.3 Å². The van der Waals surface area contributed by atoms with E-state index in [4.69, 9.17) is 16.7 Å². The summed E-state index contributed by atoms with van der Waals surface area (Å²) in [5, 5.41) is 12.8. The number of pyridine rings is 1. The third kappa shape index (κ3) is 4.07. The maximum atomic E-state index is 10.7. The minimum absolute atomic E-state index is 0.431. The lowest BCUT2D eigenvalue weighted by Crippen LogP contribution is -2.35. The van der Waals surface area contributed by atoms with Crippen molar-refractivity contribution in [2.45, 2.75) is 11.1 Å². The number of nitrogens with one attached hydrogen (secondary N) is 1. The molecule has 1 rings (SSSR count). The van der Waals surface area contributed by atoms with Crippen LogP contribution in [-0.4, -0.2) is 34.9 Å². The van der Waals surface area contributed by atoms with Gasteiger partial charge in [-0.3, -0.25) is 4.79 Å². The number of carboxylic acid groups (broad SMARTS) is 1. The molecule has 0 amide bonds. The van der Waals surface area contributed by atoms with Crippen molar-refractivity contribution in [3.8, 4) is 0 Å². The molecule has 0 bridgehead atoms. The predicted octanol–water partition coefficient (Wildman–Crippen LogP) is 1.50. The number of likely N-dealkylation sites (N-methyl/N-ethyl adjacent to an activating group) is 1. The molecule has 15 heavy (non-hydrogen) atoms. The van der Waals surface area contributed by atoms with Gasteiger partial charge in [0.25, 0.3) is 0 Å². The second-order valence-corrected chi connectivity index (χ2v) is 4.28. The van der Waals surface area contributed by atoms with Crippen LogP contribution in [0.1, 0.15) is 0 Å². The number of carbonyl (C=O) groups is 1. The first-order chi connectivity index (χ1) is 7.13. The van der Waals surface area contributed by atoms with E-state index in [0.29, 0.717) is 10.8 Å². The second-order valence-electron chi connectivity index (χ2n) is 2.81. The van der Waals surface area contributed by atoms with Gasteiger partial charge in [0, 0.05) is 11.9 Å². The van der Waals surface area contributed by atoms with Gasteiger partial charge in [-0.25, -0.2) is 4.98 Å². The number of thioether (sulfide) groups is 1. The quantitative estimate of drug-likeness (QED) is 0.771. The molecule has 1 aromatic heterocycles. The zero-order chi connectivity index (χ0) is 11.3. The summed E-state index contributed by atoms with van der Waals surface area (Å²) < 4.78 is 0. The highest BCUT2D eigenvalue weighted by Gasteiger charge is 2.14. The van der Waals surface area contributed by atoms with E-state index in [-0.39, 0.29) is 0 Å². The molecule has 0 saturated heterocycles. The molecule has 0 aliphatic heterocycles. The molecular formula is C9H11ClN2O2S. The van der Waals surface area contributed by atoms with Gasteiger partial charge in [0.1, 0.15) is 6.04 Å². The third-order valence-electron chi connectivity index (χ3n) is 1.74. The molecule has 1 heterocycles. The molecule has 0 fully saturated rings. The first kappa shape index (κ1) is 12.3. The molecule has 0 radical (unpaired) electrons. The molecule has 0 aliphatic carbocycles. The summed E-state index contributed by atoms with van der Waals surface area (Å²) in [6.45, 7) is 0. The van der Waals surface area contributed by atoms with Crippen LogP contribution in [0.25, 0.3) is 0 Å². The van der Waals surface area contributed by atoms with Crippen LogP contribution in [-0.2, 0) is 4.79 Å². The average molecular weight is 247 g/mol. The summed E-state index contributed by atoms with van der Waals surface area (Å²) in [6.07, 6.45) is 1.54. The predicted molar refractivity (Wildman–Crippen MR) is 60.5 cm³/mol. The molecule has 1 aromatic rings. The van der Waals surface area contributed by atoms with Crippen LogP contribution in [0, 0.1) is 0 Å². The minimum Gasteiger partial charge on any atom is -0.480 e. The van der Waals surface area contributed by atoms with Crippen LogP contribution in [0.5, 0.6) is 0 Å². The minimum atomic E-state index is -0.862. The normalized spacial score (nSPS) is 12.4. The van der Waals surface area contributed by atoms with Crippen LogP contribution in [0.15, 0.2) is 23.4 Å². The van der Waals surface area contributed by atoms with Gasteiger partial charge >= 0.3 is 5.97 Å². The van der Waals surface area contributed by atoms with Gasteiger partial charge in [0.05, 0.1) is 10.0 Å². The zero-order valence-corrected chi connectivity index (χ0v) is 9.68. The van der Waals surface area contributed by atoms with Gasteiger partial charge < -0.3 is 10.4 Å². The lowest BCUT2D eigenvalue weighted by Gasteiger charge is -2.09. The number of hydrogen-bond acceptors (Lipinski definition) is 4. The van der Waals surface area contributed by atoms with Crippen molar-refractivity contribution in [3.05, 3.63) is 23.4 Å². The van der Waals surface area contributed by atoms with Crippen molar-refractivity contribution >= 4 is 29.3 Å². The van der Waals surface area contributed by atoms with E-state index < -0.39 is 12.0 Å². The van der Waals surface area contributed by atoms with Crippen molar-refractivity contribution in [1.82, 2.24) is 10.3 Å². The Bertz CT molecular complexity index is 331. The van der Waals surface area contributed by atoms with Crippen LogP contribution in [0.2, 0.25) is 5.02 Å². The van der Waals surface area contributed by atoms with E-state index in [1.807, 2.05) is 0 Å². The van der Waals surface area contributed by atoms with Crippen molar-refractivity contribution < 1.29 is 9.90 Å². The highest BCUT2D eigenvalue weighted by Crippen LogP contribution is 2.17. The Kier molecular flexibility index (Phi) is 4.87. The number of carboxylic acids is 1. The molecular weight excluding hydrogens is 236 g/mol. The first-order valence-electron chi connectivity index (χ1n) is 4.28. The van der Waals surface area contributed by atoms with E-state index in [9.17, 15) is 4.79 Å². The molecule has 1 atom stereocenters. The molecule has 2 N–H and O–H groups in total. The van der Waals surface area contributed by atoms with Gasteiger partial charge in [0.15, 0.2) is 0 Å². The topological polar surface area (TPSA) is 62.2 Å².